The monoisotopic (exact) mass is 283 g/mol. The first-order chi connectivity index (χ1) is 9.61. The normalized spacial score (nSPS) is 11.8. The minimum absolute atomic E-state index is 0.0262. The largest absolute Gasteiger partial charge is 0.401 e. The summed E-state index contributed by atoms with van der Waals surface area (Å²) in [6.07, 6.45) is 0. The summed E-state index contributed by atoms with van der Waals surface area (Å²) >= 11 is 1.30. The Labute approximate surface area is 121 Å². The van der Waals surface area contributed by atoms with Crippen LogP contribution < -0.4 is 5.73 Å². The van der Waals surface area contributed by atoms with Crippen molar-refractivity contribution in [2.45, 2.75) is 11.9 Å². The molecule has 0 bridgehead atoms. The van der Waals surface area contributed by atoms with Crippen LogP contribution in [0.2, 0.25) is 0 Å². The number of hydrogen-bond donors (Lipinski definition) is 1. The fraction of sp³-hybridized carbons (Fsp3) is 0.133. The highest BCUT2D eigenvalue weighted by Gasteiger charge is 2.12. The maximum Gasteiger partial charge on any atom is 0.185 e. The molecule has 100 valence electrons. The first-order valence-electron chi connectivity index (χ1n) is 6.00. The van der Waals surface area contributed by atoms with Gasteiger partial charge in [0.2, 0.25) is 0 Å². The van der Waals surface area contributed by atoms with E-state index in [9.17, 15) is 4.79 Å². The third-order valence-corrected chi connectivity index (χ3v) is 3.64. The van der Waals surface area contributed by atoms with Crippen molar-refractivity contribution in [2.24, 2.45) is 5.73 Å². The Balaban J connectivity index is 2.12. The number of nitrogens with two attached hydrogens (primary N) is 1. The number of carbonyl (C=O) groups excluding carboxylic acids is 1. The summed E-state index contributed by atoms with van der Waals surface area (Å²) in [7, 11) is 0. The molecule has 0 aliphatic heterocycles. The van der Waals surface area contributed by atoms with Crippen molar-refractivity contribution in [1.29, 1.82) is 5.26 Å². The van der Waals surface area contributed by atoms with Crippen LogP contribution in [0.15, 0.2) is 52.7 Å². The van der Waals surface area contributed by atoms with Crippen LogP contribution in [0.4, 0.5) is 0 Å². The SMILES string of the molecule is CC(N)=C(C#N)C(=O)CSc1ccc2ccccc2n1. The maximum atomic E-state index is 11.8. The van der Waals surface area contributed by atoms with E-state index in [1.54, 1.807) is 6.92 Å². The molecular formula is C15H13N3OS. The molecule has 1 heterocycles. The van der Waals surface area contributed by atoms with E-state index in [-0.39, 0.29) is 22.8 Å². The van der Waals surface area contributed by atoms with Gasteiger partial charge in [-0.15, -0.1) is 0 Å². The topological polar surface area (TPSA) is 79.8 Å². The number of thioether (sulfide) groups is 1. The molecule has 0 amide bonds. The second-order valence-electron chi connectivity index (χ2n) is 4.22. The lowest BCUT2D eigenvalue weighted by molar-refractivity contribution is -0.112. The van der Waals surface area contributed by atoms with Crippen LogP contribution in [-0.2, 0) is 4.79 Å². The predicted molar refractivity (Wildman–Crippen MR) is 80.0 cm³/mol. The average molecular weight is 283 g/mol. The third-order valence-electron chi connectivity index (χ3n) is 2.71. The summed E-state index contributed by atoms with van der Waals surface area (Å²) in [5, 5.41) is 10.7. The molecule has 1 aromatic carbocycles. The maximum absolute atomic E-state index is 11.8. The predicted octanol–water partition coefficient (Wildman–Crippen LogP) is 2.65. The van der Waals surface area contributed by atoms with Crippen molar-refractivity contribution in [3.05, 3.63) is 47.7 Å². The Morgan fingerprint density at radius 2 is 2.10 bits per heavy atom. The molecular weight excluding hydrogens is 270 g/mol. The molecule has 0 saturated heterocycles. The van der Waals surface area contributed by atoms with Crippen molar-refractivity contribution in [1.82, 2.24) is 4.98 Å². The number of allylic oxidation sites excluding steroid dienone is 2. The molecule has 20 heavy (non-hydrogen) atoms. The lowest BCUT2D eigenvalue weighted by atomic mass is 10.2. The summed E-state index contributed by atoms with van der Waals surface area (Å²) in [6.45, 7) is 1.55. The number of nitrogens with zero attached hydrogens (tertiary/aromatic N) is 2. The zero-order chi connectivity index (χ0) is 14.5. The highest BCUT2D eigenvalue weighted by molar-refractivity contribution is 7.99. The van der Waals surface area contributed by atoms with E-state index in [1.165, 1.54) is 11.8 Å². The number of carbonyl (C=O) groups is 1. The Kier molecular flexibility index (Phi) is 4.38. The van der Waals surface area contributed by atoms with Crippen LogP contribution in [0, 0.1) is 11.3 Å². The van der Waals surface area contributed by atoms with E-state index in [0.717, 1.165) is 15.9 Å². The van der Waals surface area contributed by atoms with Crippen LogP contribution in [-0.4, -0.2) is 16.5 Å². The van der Waals surface area contributed by atoms with E-state index in [2.05, 4.69) is 4.98 Å². The van der Waals surface area contributed by atoms with Crippen molar-refractivity contribution >= 4 is 28.4 Å². The molecule has 0 spiro atoms. The van der Waals surface area contributed by atoms with Gasteiger partial charge in [0.05, 0.1) is 16.3 Å². The van der Waals surface area contributed by atoms with Crippen LogP contribution >= 0.6 is 11.8 Å². The number of Topliss-reactive ketones (excluding diaryl/α,β-unsaturated/α-hetero) is 1. The molecule has 2 N–H and O–H groups in total. The fourth-order valence-corrected chi connectivity index (χ4v) is 2.46. The van der Waals surface area contributed by atoms with E-state index < -0.39 is 0 Å². The Bertz CT molecular complexity index is 727. The smallest absolute Gasteiger partial charge is 0.185 e. The van der Waals surface area contributed by atoms with Crippen molar-refractivity contribution in [3.8, 4) is 6.07 Å². The number of pyridine rings is 1. The molecule has 2 aromatic rings. The van der Waals surface area contributed by atoms with Crippen LogP contribution in [0.25, 0.3) is 10.9 Å². The van der Waals surface area contributed by atoms with Crippen molar-refractivity contribution < 1.29 is 4.79 Å². The second-order valence-corrected chi connectivity index (χ2v) is 5.22. The van der Waals surface area contributed by atoms with Crippen molar-refractivity contribution in [3.63, 3.8) is 0 Å². The van der Waals surface area contributed by atoms with Gasteiger partial charge in [-0.3, -0.25) is 4.79 Å². The van der Waals surface area contributed by atoms with Gasteiger partial charge < -0.3 is 5.73 Å². The number of nitriles is 1. The van der Waals surface area contributed by atoms with Crippen LogP contribution in [0.5, 0.6) is 0 Å². The van der Waals surface area contributed by atoms with E-state index in [4.69, 9.17) is 11.0 Å². The molecule has 0 fully saturated rings. The Hall–Kier alpha value is -2.32. The summed E-state index contributed by atoms with van der Waals surface area (Å²) in [5.74, 6) is -0.115. The summed E-state index contributed by atoms with van der Waals surface area (Å²) < 4.78 is 0. The molecule has 0 atom stereocenters. The number of ketones is 1. The van der Waals surface area contributed by atoms with Gasteiger partial charge in [0.25, 0.3) is 0 Å². The first-order valence-corrected chi connectivity index (χ1v) is 6.98. The van der Waals surface area contributed by atoms with E-state index in [0.29, 0.717) is 0 Å². The van der Waals surface area contributed by atoms with Crippen molar-refractivity contribution in [2.75, 3.05) is 5.75 Å². The van der Waals surface area contributed by atoms with Gasteiger partial charge in [-0.2, -0.15) is 5.26 Å². The quantitative estimate of drug-likeness (QED) is 0.530. The number of hydrogen-bond acceptors (Lipinski definition) is 5. The highest BCUT2D eigenvalue weighted by Crippen LogP contribution is 2.20. The number of para-hydroxylation sites is 1. The minimum atomic E-state index is -0.271. The molecule has 0 radical (unpaired) electrons. The fourth-order valence-electron chi connectivity index (χ4n) is 1.71. The highest BCUT2D eigenvalue weighted by atomic mass is 32.2. The molecule has 0 aliphatic carbocycles. The third kappa shape index (κ3) is 3.16. The zero-order valence-corrected chi connectivity index (χ0v) is 11.8. The lowest BCUT2D eigenvalue weighted by Crippen LogP contribution is -2.10. The molecule has 5 heteroatoms. The molecule has 0 saturated carbocycles. The molecule has 4 nitrogen and oxygen atoms in total. The molecule has 1 aromatic heterocycles. The first kappa shape index (κ1) is 14.1. The Morgan fingerprint density at radius 3 is 2.80 bits per heavy atom. The molecule has 2 rings (SSSR count). The van der Waals surface area contributed by atoms with Gasteiger partial charge in [-0.05, 0) is 19.1 Å². The Morgan fingerprint density at radius 1 is 1.35 bits per heavy atom. The van der Waals surface area contributed by atoms with Gasteiger partial charge in [0.1, 0.15) is 11.6 Å². The van der Waals surface area contributed by atoms with Gasteiger partial charge in [-0.1, -0.05) is 36.0 Å². The van der Waals surface area contributed by atoms with E-state index >= 15 is 0 Å². The standard InChI is InChI=1S/C15H13N3OS/c1-10(17)12(8-16)14(19)9-20-15-7-6-11-4-2-3-5-13(11)18-15/h2-7H,9,17H2,1H3. The van der Waals surface area contributed by atoms with Gasteiger partial charge in [-0.25, -0.2) is 4.98 Å². The van der Waals surface area contributed by atoms with Gasteiger partial charge >= 0.3 is 0 Å². The number of rotatable bonds is 4. The van der Waals surface area contributed by atoms with Crippen LogP contribution in [0.3, 0.4) is 0 Å². The van der Waals surface area contributed by atoms with Crippen LogP contribution in [0.1, 0.15) is 6.92 Å². The number of benzene rings is 1. The molecule has 0 aliphatic rings. The van der Waals surface area contributed by atoms with Gasteiger partial charge in [0.15, 0.2) is 5.78 Å². The van der Waals surface area contributed by atoms with Gasteiger partial charge in [0, 0.05) is 11.1 Å². The van der Waals surface area contributed by atoms with E-state index in [1.807, 2.05) is 42.5 Å². The average Bonchev–Trinajstić information content (AvgIpc) is 2.45. The number of aromatic nitrogens is 1. The zero-order valence-electron chi connectivity index (χ0n) is 11.0. The second kappa shape index (κ2) is 6.22. The molecule has 0 unspecified atom stereocenters. The number of fused-ring (bicyclic) bond motifs is 1. The summed E-state index contributed by atoms with van der Waals surface area (Å²) in [6, 6.07) is 13.4. The minimum Gasteiger partial charge on any atom is -0.401 e. The lowest BCUT2D eigenvalue weighted by Gasteiger charge is -2.03. The summed E-state index contributed by atoms with van der Waals surface area (Å²) in [4.78, 5) is 16.3. The summed E-state index contributed by atoms with van der Waals surface area (Å²) in [5.41, 5.74) is 6.67.